The van der Waals surface area contributed by atoms with Gasteiger partial charge >= 0.3 is 0 Å². The van der Waals surface area contributed by atoms with Crippen LogP contribution in [0.2, 0.25) is 0 Å². The Labute approximate surface area is 166 Å². The van der Waals surface area contributed by atoms with Gasteiger partial charge in [0.25, 0.3) is 0 Å². The Morgan fingerprint density at radius 3 is 2.44 bits per heavy atom. The standard InChI is InChI=1S/C21H28N2O3S/c1-25-5-6-26-18-4-2-3-17(10-18)22-20(27)23-19(24)21-11-14-7-15(12-21)9-16(8-14)13-21/h2-4,10,14-16H,5-9,11-13H2,1H3,(H2,22,23,24,27). The fourth-order valence-electron chi connectivity index (χ4n) is 5.69. The number of hydrogen-bond acceptors (Lipinski definition) is 4. The predicted octanol–water partition coefficient (Wildman–Crippen LogP) is 3.74. The van der Waals surface area contributed by atoms with Crippen molar-refractivity contribution in [2.24, 2.45) is 23.2 Å². The van der Waals surface area contributed by atoms with Crippen molar-refractivity contribution in [1.29, 1.82) is 0 Å². The second-order valence-corrected chi connectivity index (χ2v) is 8.88. The first-order chi connectivity index (χ1) is 13.1. The zero-order valence-electron chi connectivity index (χ0n) is 15.8. The highest BCUT2D eigenvalue weighted by Gasteiger charge is 2.54. The third kappa shape index (κ3) is 4.11. The summed E-state index contributed by atoms with van der Waals surface area (Å²) in [5.74, 6) is 3.08. The Kier molecular flexibility index (Phi) is 5.37. The lowest BCUT2D eigenvalue weighted by atomic mass is 9.49. The monoisotopic (exact) mass is 388 g/mol. The third-order valence-corrected chi connectivity index (χ3v) is 6.60. The van der Waals surface area contributed by atoms with E-state index in [1.807, 2.05) is 24.3 Å². The van der Waals surface area contributed by atoms with E-state index in [4.69, 9.17) is 21.7 Å². The topological polar surface area (TPSA) is 59.6 Å². The first-order valence-corrected chi connectivity index (χ1v) is 10.3. The van der Waals surface area contributed by atoms with Crippen molar-refractivity contribution in [3.05, 3.63) is 24.3 Å². The summed E-state index contributed by atoms with van der Waals surface area (Å²) in [6.45, 7) is 1.03. The molecule has 6 heteroatoms. The van der Waals surface area contributed by atoms with E-state index >= 15 is 0 Å². The van der Waals surface area contributed by atoms with Gasteiger partial charge in [-0.1, -0.05) is 6.07 Å². The van der Waals surface area contributed by atoms with Crippen LogP contribution in [0.5, 0.6) is 5.75 Å². The molecule has 0 radical (unpaired) electrons. The number of carbonyl (C=O) groups is 1. The highest BCUT2D eigenvalue weighted by atomic mass is 32.1. The average Bonchev–Trinajstić information content (AvgIpc) is 2.61. The van der Waals surface area contributed by atoms with Gasteiger partial charge < -0.3 is 20.1 Å². The number of carbonyl (C=O) groups excluding carboxylic acids is 1. The molecule has 0 aromatic heterocycles. The molecule has 2 N–H and O–H groups in total. The maximum Gasteiger partial charge on any atom is 0.232 e. The van der Waals surface area contributed by atoms with E-state index in [1.54, 1.807) is 7.11 Å². The number of amides is 1. The first-order valence-electron chi connectivity index (χ1n) is 9.90. The number of ether oxygens (including phenoxy) is 2. The minimum atomic E-state index is -0.189. The van der Waals surface area contributed by atoms with E-state index < -0.39 is 0 Å². The Morgan fingerprint density at radius 2 is 1.81 bits per heavy atom. The molecule has 0 aliphatic heterocycles. The van der Waals surface area contributed by atoms with Crippen molar-refractivity contribution in [3.63, 3.8) is 0 Å². The lowest BCUT2D eigenvalue weighted by Gasteiger charge is -2.55. The largest absolute Gasteiger partial charge is 0.491 e. The van der Waals surface area contributed by atoms with Crippen molar-refractivity contribution < 1.29 is 14.3 Å². The highest BCUT2D eigenvalue weighted by molar-refractivity contribution is 7.80. The van der Waals surface area contributed by atoms with Crippen molar-refractivity contribution in [2.45, 2.75) is 38.5 Å². The van der Waals surface area contributed by atoms with E-state index in [0.717, 1.165) is 48.5 Å². The highest BCUT2D eigenvalue weighted by Crippen LogP contribution is 2.60. The molecule has 1 aromatic carbocycles. The molecule has 4 aliphatic carbocycles. The maximum absolute atomic E-state index is 13.1. The lowest BCUT2D eigenvalue weighted by Crippen LogP contribution is -2.55. The Hall–Kier alpha value is -1.66. The smallest absolute Gasteiger partial charge is 0.232 e. The van der Waals surface area contributed by atoms with Gasteiger partial charge in [-0.15, -0.1) is 0 Å². The second-order valence-electron chi connectivity index (χ2n) is 8.48. The van der Waals surface area contributed by atoms with E-state index in [0.29, 0.717) is 18.3 Å². The molecule has 4 bridgehead atoms. The number of methoxy groups -OCH3 is 1. The Balaban J connectivity index is 1.34. The zero-order valence-corrected chi connectivity index (χ0v) is 16.6. The molecule has 0 saturated heterocycles. The summed E-state index contributed by atoms with van der Waals surface area (Å²) < 4.78 is 10.6. The van der Waals surface area contributed by atoms with Crippen LogP contribution in [-0.4, -0.2) is 31.3 Å². The lowest BCUT2D eigenvalue weighted by molar-refractivity contribution is -0.144. The van der Waals surface area contributed by atoms with Gasteiger partial charge in [0.2, 0.25) is 5.91 Å². The van der Waals surface area contributed by atoms with Gasteiger partial charge in [-0.2, -0.15) is 0 Å². The van der Waals surface area contributed by atoms with Crippen LogP contribution in [0.1, 0.15) is 38.5 Å². The van der Waals surface area contributed by atoms with Crippen molar-refractivity contribution >= 4 is 28.9 Å². The number of thiocarbonyl (C=S) groups is 1. The normalized spacial score (nSPS) is 30.8. The second kappa shape index (κ2) is 7.76. The van der Waals surface area contributed by atoms with Gasteiger partial charge in [-0.05, 0) is 80.6 Å². The van der Waals surface area contributed by atoms with E-state index in [1.165, 1.54) is 19.3 Å². The number of benzene rings is 1. The van der Waals surface area contributed by atoms with Crippen LogP contribution >= 0.6 is 12.2 Å². The molecule has 146 valence electrons. The van der Waals surface area contributed by atoms with Crippen LogP contribution in [-0.2, 0) is 9.53 Å². The minimum absolute atomic E-state index is 0.117. The molecular formula is C21H28N2O3S. The molecule has 4 fully saturated rings. The molecule has 0 atom stereocenters. The summed E-state index contributed by atoms with van der Waals surface area (Å²) in [5.41, 5.74) is 0.617. The zero-order chi connectivity index (χ0) is 18.9. The van der Waals surface area contributed by atoms with Gasteiger partial charge in [-0.25, -0.2) is 0 Å². The fourth-order valence-corrected chi connectivity index (χ4v) is 5.90. The van der Waals surface area contributed by atoms with Gasteiger partial charge in [-0.3, -0.25) is 4.79 Å². The van der Waals surface area contributed by atoms with Gasteiger partial charge in [0.05, 0.1) is 12.0 Å². The van der Waals surface area contributed by atoms with Crippen LogP contribution in [0.15, 0.2) is 24.3 Å². The van der Waals surface area contributed by atoms with Gasteiger partial charge in [0.1, 0.15) is 12.4 Å². The van der Waals surface area contributed by atoms with Crippen molar-refractivity contribution in [3.8, 4) is 5.75 Å². The fraction of sp³-hybridized carbons (Fsp3) is 0.619. The summed E-state index contributed by atoms with van der Waals surface area (Å²) in [4.78, 5) is 13.1. The molecule has 5 rings (SSSR count). The van der Waals surface area contributed by atoms with Crippen LogP contribution in [0.3, 0.4) is 0 Å². The average molecular weight is 389 g/mol. The summed E-state index contributed by atoms with van der Waals surface area (Å²) in [6, 6.07) is 7.57. The van der Waals surface area contributed by atoms with E-state index in [9.17, 15) is 4.79 Å². The van der Waals surface area contributed by atoms with Gasteiger partial charge in [0, 0.05) is 18.9 Å². The number of rotatable bonds is 6. The number of hydrogen-bond donors (Lipinski definition) is 2. The Morgan fingerprint density at radius 1 is 1.15 bits per heavy atom. The molecule has 0 spiro atoms. The molecule has 1 aromatic rings. The van der Waals surface area contributed by atoms with E-state index in [-0.39, 0.29) is 11.3 Å². The molecule has 5 nitrogen and oxygen atoms in total. The Bertz CT molecular complexity index is 686. The summed E-state index contributed by atoms with van der Waals surface area (Å²) in [7, 11) is 1.65. The van der Waals surface area contributed by atoms with E-state index in [2.05, 4.69) is 10.6 Å². The quantitative estimate of drug-likeness (QED) is 0.574. The molecule has 27 heavy (non-hydrogen) atoms. The summed E-state index contributed by atoms with van der Waals surface area (Å²) in [5, 5.41) is 6.47. The maximum atomic E-state index is 13.1. The summed E-state index contributed by atoms with van der Waals surface area (Å²) >= 11 is 5.41. The summed E-state index contributed by atoms with van der Waals surface area (Å²) in [6.07, 6.45) is 7.09. The minimum Gasteiger partial charge on any atom is -0.491 e. The predicted molar refractivity (Wildman–Crippen MR) is 109 cm³/mol. The molecule has 4 aliphatic rings. The van der Waals surface area contributed by atoms with Gasteiger partial charge in [0.15, 0.2) is 5.11 Å². The molecule has 0 heterocycles. The third-order valence-electron chi connectivity index (χ3n) is 6.40. The molecule has 4 saturated carbocycles. The molecule has 1 amide bonds. The molecular weight excluding hydrogens is 360 g/mol. The number of nitrogens with one attached hydrogen (secondary N) is 2. The first kappa shape index (κ1) is 18.7. The van der Waals surface area contributed by atoms with Crippen LogP contribution in [0.25, 0.3) is 0 Å². The van der Waals surface area contributed by atoms with Crippen molar-refractivity contribution in [1.82, 2.24) is 5.32 Å². The van der Waals surface area contributed by atoms with Crippen molar-refractivity contribution in [2.75, 3.05) is 25.6 Å². The van der Waals surface area contributed by atoms with Crippen LogP contribution < -0.4 is 15.4 Å². The number of anilines is 1. The van der Waals surface area contributed by atoms with Crippen LogP contribution in [0.4, 0.5) is 5.69 Å². The SMILES string of the molecule is COCCOc1cccc(NC(=S)NC(=O)C23CC4CC(CC(C4)C2)C3)c1. The van der Waals surface area contributed by atoms with Crippen LogP contribution in [0, 0.1) is 23.2 Å². The molecule has 0 unspecified atom stereocenters.